The van der Waals surface area contributed by atoms with Gasteiger partial charge in [-0.15, -0.1) is 11.3 Å². The topological polar surface area (TPSA) is 74.3 Å². The first-order valence-corrected chi connectivity index (χ1v) is 11.3. The number of carbonyl (C=O) groups excluding carboxylic acids is 2. The van der Waals surface area contributed by atoms with E-state index in [1.807, 2.05) is 68.4 Å². The minimum Gasteiger partial charge on any atom is -0.356 e. The molecule has 2 aromatic carbocycles. The number of aromatic nitrogens is 1. The third-order valence-corrected chi connectivity index (χ3v) is 5.43. The molecule has 0 aliphatic carbocycles. The van der Waals surface area contributed by atoms with E-state index >= 15 is 0 Å². The lowest BCUT2D eigenvalue weighted by atomic mass is 10.2. The summed E-state index contributed by atoms with van der Waals surface area (Å²) >= 11 is 1.39. The first-order chi connectivity index (χ1) is 15.0. The van der Waals surface area contributed by atoms with Crippen LogP contribution in [0, 0.1) is 6.92 Å². The van der Waals surface area contributed by atoms with Crippen LogP contribution in [0.15, 0.2) is 60.0 Å². The Morgan fingerprint density at radius 1 is 1.10 bits per heavy atom. The fourth-order valence-electron chi connectivity index (χ4n) is 3.08. The van der Waals surface area contributed by atoms with Crippen LogP contribution in [0.5, 0.6) is 0 Å². The summed E-state index contributed by atoms with van der Waals surface area (Å²) in [5.41, 5.74) is 3.47. The summed E-state index contributed by atoms with van der Waals surface area (Å²) in [5.74, 6) is -0.228. The Hall–Kier alpha value is -3.19. The van der Waals surface area contributed by atoms with Gasteiger partial charge in [-0.1, -0.05) is 49.4 Å². The number of rotatable bonds is 10. The van der Waals surface area contributed by atoms with Gasteiger partial charge in [0.15, 0.2) is 5.13 Å². The average molecular weight is 437 g/mol. The fourth-order valence-corrected chi connectivity index (χ4v) is 3.79. The van der Waals surface area contributed by atoms with E-state index in [-0.39, 0.29) is 18.2 Å². The van der Waals surface area contributed by atoms with Gasteiger partial charge in [0, 0.05) is 37.1 Å². The summed E-state index contributed by atoms with van der Waals surface area (Å²) in [7, 11) is 0. The highest BCUT2D eigenvalue weighted by Gasteiger charge is 2.20. The van der Waals surface area contributed by atoms with Crippen LogP contribution in [0.4, 0.5) is 10.8 Å². The Bertz CT molecular complexity index is 1000. The summed E-state index contributed by atoms with van der Waals surface area (Å²) in [6.45, 7) is 5.45. The molecule has 7 heteroatoms. The van der Waals surface area contributed by atoms with Gasteiger partial charge < -0.3 is 15.5 Å². The van der Waals surface area contributed by atoms with Crippen molar-refractivity contribution in [3.05, 3.63) is 76.8 Å². The van der Waals surface area contributed by atoms with E-state index in [0.717, 1.165) is 23.2 Å². The van der Waals surface area contributed by atoms with Crippen molar-refractivity contribution in [1.29, 1.82) is 0 Å². The molecular formula is C24H28N4O2S. The zero-order chi connectivity index (χ0) is 22.1. The average Bonchev–Trinajstić information content (AvgIpc) is 3.23. The number of aryl methyl sites for hydroxylation is 1. The van der Waals surface area contributed by atoms with E-state index < -0.39 is 0 Å². The van der Waals surface area contributed by atoms with E-state index in [9.17, 15) is 9.59 Å². The molecule has 0 atom stereocenters. The number of nitrogens with zero attached hydrogens (tertiary/aromatic N) is 2. The van der Waals surface area contributed by atoms with Gasteiger partial charge in [-0.2, -0.15) is 0 Å². The largest absolute Gasteiger partial charge is 0.356 e. The van der Waals surface area contributed by atoms with E-state index in [1.165, 1.54) is 11.3 Å². The van der Waals surface area contributed by atoms with Crippen molar-refractivity contribution in [3.8, 4) is 0 Å². The Labute approximate surface area is 187 Å². The number of carbonyl (C=O) groups is 2. The van der Waals surface area contributed by atoms with Crippen LogP contribution in [0.2, 0.25) is 0 Å². The molecule has 31 heavy (non-hydrogen) atoms. The van der Waals surface area contributed by atoms with Crippen molar-refractivity contribution >= 4 is 34.0 Å². The predicted molar refractivity (Wildman–Crippen MR) is 126 cm³/mol. The molecule has 2 amide bonds. The second kappa shape index (κ2) is 11.3. The number of thiazole rings is 1. The molecule has 0 radical (unpaired) electrons. The predicted octanol–water partition coefficient (Wildman–Crippen LogP) is 4.75. The Kier molecular flexibility index (Phi) is 8.18. The molecule has 0 bridgehead atoms. The van der Waals surface area contributed by atoms with Crippen LogP contribution in [0.25, 0.3) is 0 Å². The van der Waals surface area contributed by atoms with Gasteiger partial charge >= 0.3 is 0 Å². The summed E-state index contributed by atoms with van der Waals surface area (Å²) in [5, 5.41) is 8.54. The molecule has 0 saturated heterocycles. The number of hydrogen-bond donors (Lipinski definition) is 2. The molecule has 0 aliphatic heterocycles. The van der Waals surface area contributed by atoms with Crippen molar-refractivity contribution in [1.82, 2.24) is 15.2 Å². The number of amides is 2. The number of nitrogens with one attached hydrogen (secondary N) is 2. The summed E-state index contributed by atoms with van der Waals surface area (Å²) in [4.78, 5) is 31.5. The molecule has 3 aromatic rings. The van der Waals surface area contributed by atoms with Gasteiger partial charge in [0.2, 0.25) is 5.91 Å². The Morgan fingerprint density at radius 2 is 1.90 bits per heavy atom. The maximum atomic E-state index is 13.2. The monoisotopic (exact) mass is 436 g/mol. The van der Waals surface area contributed by atoms with Crippen LogP contribution >= 0.6 is 11.3 Å². The Morgan fingerprint density at radius 3 is 2.65 bits per heavy atom. The molecule has 0 aliphatic rings. The second-order valence-electron chi connectivity index (χ2n) is 7.34. The van der Waals surface area contributed by atoms with E-state index in [1.54, 1.807) is 10.3 Å². The lowest BCUT2D eigenvalue weighted by Gasteiger charge is -2.22. The molecule has 3 rings (SSSR count). The highest BCUT2D eigenvalue weighted by atomic mass is 32.1. The maximum Gasteiger partial charge on any atom is 0.273 e. The standard InChI is InChI=1S/C24H28N4O2S/c1-3-13-25-22(29)12-14-28(16-19-9-5-4-6-10-19)23(30)21-17-31-24(27-21)26-20-11-7-8-18(2)15-20/h4-11,15,17H,3,12-14,16H2,1-2H3,(H,25,29)(H,26,27). The molecule has 1 aromatic heterocycles. The molecule has 0 fully saturated rings. The summed E-state index contributed by atoms with van der Waals surface area (Å²) in [6, 6.07) is 17.8. The van der Waals surface area contributed by atoms with Crippen molar-refractivity contribution in [2.45, 2.75) is 33.2 Å². The number of anilines is 2. The third kappa shape index (κ3) is 6.93. The first kappa shape index (κ1) is 22.5. The van der Waals surface area contributed by atoms with Gasteiger partial charge in [-0.3, -0.25) is 9.59 Å². The molecule has 0 spiro atoms. The fraction of sp³-hybridized carbons (Fsp3) is 0.292. The van der Waals surface area contributed by atoms with Crippen molar-refractivity contribution in [3.63, 3.8) is 0 Å². The van der Waals surface area contributed by atoms with Gasteiger partial charge in [-0.25, -0.2) is 4.98 Å². The van der Waals surface area contributed by atoms with Crippen molar-refractivity contribution in [2.24, 2.45) is 0 Å². The number of benzene rings is 2. The van der Waals surface area contributed by atoms with Gasteiger partial charge in [0.25, 0.3) is 5.91 Å². The van der Waals surface area contributed by atoms with Gasteiger partial charge in [0.1, 0.15) is 5.69 Å². The van der Waals surface area contributed by atoms with Crippen LogP contribution in [0.3, 0.4) is 0 Å². The SMILES string of the molecule is CCCNC(=O)CCN(Cc1ccccc1)C(=O)c1csc(Nc2cccc(C)c2)n1. The number of hydrogen-bond acceptors (Lipinski definition) is 5. The van der Waals surface area contributed by atoms with Crippen molar-refractivity contribution < 1.29 is 9.59 Å². The highest BCUT2D eigenvalue weighted by Crippen LogP contribution is 2.23. The highest BCUT2D eigenvalue weighted by molar-refractivity contribution is 7.14. The molecule has 162 valence electrons. The zero-order valence-corrected chi connectivity index (χ0v) is 18.7. The molecule has 0 saturated carbocycles. The van der Waals surface area contributed by atoms with Crippen LogP contribution in [-0.4, -0.2) is 34.8 Å². The molecule has 0 unspecified atom stereocenters. The van der Waals surface area contributed by atoms with Crippen molar-refractivity contribution in [2.75, 3.05) is 18.4 Å². The summed E-state index contributed by atoms with van der Waals surface area (Å²) < 4.78 is 0. The van der Waals surface area contributed by atoms with Gasteiger partial charge in [-0.05, 0) is 36.6 Å². The second-order valence-corrected chi connectivity index (χ2v) is 8.20. The normalized spacial score (nSPS) is 10.5. The maximum absolute atomic E-state index is 13.2. The minimum atomic E-state index is -0.180. The van der Waals surface area contributed by atoms with E-state index in [2.05, 4.69) is 15.6 Å². The van der Waals surface area contributed by atoms with E-state index in [4.69, 9.17) is 0 Å². The lowest BCUT2D eigenvalue weighted by Crippen LogP contribution is -2.35. The molecule has 2 N–H and O–H groups in total. The molecule has 6 nitrogen and oxygen atoms in total. The minimum absolute atomic E-state index is 0.0483. The molecule has 1 heterocycles. The summed E-state index contributed by atoms with van der Waals surface area (Å²) in [6.07, 6.45) is 1.14. The zero-order valence-electron chi connectivity index (χ0n) is 17.9. The van der Waals surface area contributed by atoms with Gasteiger partial charge in [0.05, 0.1) is 0 Å². The van der Waals surface area contributed by atoms with Crippen LogP contribution in [0.1, 0.15) is 41.4 Å². The quantitative estimate of drug-likeness (QED) is 0.481. The lowest BCUT2D eigenvalue weighted by molar-refractivity contribution is -0.121. The van der Waals surface area contributed by atoms with E-state index in [0.29, 0.717) is 30.5 Å². The third-order valence-electron chi connectivity index (χ3n) is 4.68. The first-order valence-electron chi connectivity index (χ1n) is 10.4. The smallest absolute Gasteiger partial charge is 0.273 e. The Balaban J connectivity index is 1.70. The van der Waals surface area contributed by atoms with Crippen LogP contribution < -0.4 is 10.6 Å². The van der Waals surface area contributed by atoms with Crippen LogP contribution in [-0.2, 0) is 11.3 Å². The molecular weight excluding hydrogens is 408 g/mol.